The van der Waals surface area contributed by atoms with Crippen molar-refractivity contribution >= 4 is 5.97 Å². The van der Waals surface area contributed by atoms with Gasteiger partial charge in [0.05, 0.1) is 13.0 Å². The van der Waals surface area contributed by atoms with Gasteiger partial charge in [-0.3, -0.25) is 4.79 Å². The molecule has 0 amide bonds. The van der Waals surface area contributed by atoms with Crippen LogP contribution in [0, 0.1) is 23.7 Å². The minimum absolute atomic E-state index is 0.0167. The lowest BCUT2D eigenvalue weighted by molar-refractivity contribution is -0.145. The number of aliphatic hydroxyl groups excluding tert-OH is 1. The molecular weight excluding hydrogens is 168 g/mol. The van der Waals surface area contributed by atoms with Crippen LogP contribution in [0.3, 0.4) is 0 Å². The van der Waals surface area contributed by atoms with E-state index in [9.17, 15) is 4.79 Å². The van der Waals surface area contributed by atoms with Crippen LogP contribution in [-0.2, 0) is 9.53 Å². The van der Waals surface area contributed by atoms with Crippen molar-refractivity contribution in [3.05, 3.63) is 0 Å². The lowest BCUT2D eigenvalue weighted by Gasteiger charge is -2.04. The Kier molecular flexibility index (Phi) is 3.78. The molecule has 1 N–H and O–H groups in total. The topological polar surface area (TPSA) is 46.5 Å². The van der Waals surface area contributed by atoms with E-state index in [0.29, 0.717) is 0 Å². The first-order chi connectivity index (χ1) is 6.27. The molecule has 13 heavy (non-hydrogen) atoms. The van der Waals surface area contributed by atoms with Gasteiger partial charge in [-0.25, -0.2) is 0 Å². The molecule has 1 fully saturated rings. The van der Waals surface area contributed by atoms with Crippen molar-refractivity contribution in [3.8, 4) is 11.8 Å². The van der Waals surface area contributed by atoms with Gasteiger partial charge in [0.15, 0.2) is 0 Å². The minimum Gasteiger partial charge on any atom is -0.469 e. The third-order valence-corrected chi connectivity index (χ3v) is 2.35. The molecule has 0 heterocycles. The van der Waals surface area contributed by atoms with Gasteiger partial charge in [-0.15, -0.1) is 0 Å². The van der Waals surface area contributed by atoms with E-state index in [1.54, 1.807) is 0 Å². The Morgan fingerprint density at radius 3 is 3.00 bits per heavy atom. The third-order valence-electron chi connectivity index (χ3n) is 2.35. The van der Waals surface area contributed by atoms with Crippen molar-refractivity contribution in [1.82, 2.24) is 0 Å². The summed E-state index contributed by atoms with van der Waals surface area (Å²) in [5, 5.41) is 8.48. The molecule has 0 aromatic rings. The van der Waals surface area contributed by atoms with Crippen LogP contribution in [0.25, 0.3) is 0 Å². The zero-order chi connectivity index (χ0) is 9.68. The van der Waals surface area contributed by atoms with Gasteiger partial charge in [0.25, 0.3) is 0 Å². The SMILES string of the molecule is COC(=O)C1CCC(C#CCO)C1. The summed E-state index contributed by atoms with van der Waals surface area (Å²) in [5.74, 6) is 5.70. The van der Waals surface area contributed by atoms with Crippen molar-refractivity contribution in [1.29, 1.82) is 0 Å². The first-order valence-corrected chi connectivity index (χ1v) is 4.45. The third kappa shape index (κ3) is 2.74. The van der Waals surface area contributed by atoms with Crippen LogP contribution in [0.2, 0.25) is 0 Å². The standard InChI is InChI=1S/C10H14O3/c1-13-10(12)9-5-4-8(7-9)3-2-6-11/h8-9,11H,4-7H2,1H3. The second-order valence-corrected chi connectivity index (χ2v) is 3.21. The fourth-order valence-corrected chi connectivity index (χ4v) is 1.68. The highest BCUT2D eigenvalue weighted by molar-refractivity contribution is 5.72. The zero-order valence-corrected chi connectivity index (χ0v) is 7.75. The van der Waals surface area contributed by atoms with E-state index in [0.717, 1.165) is 19.3 Å². The summed E-state index contributed by atoms with van der Waals surface area (Å²) < 4.78 is 4.65. The molecule has 0 aliphatic heterocycles. The molecule has 1 rings (SSSR count). The quantitative estimate of drug-likeness (QED) is 0.476. The van der Waals surface area contributed by atoms with Gasteiger partial charge in [-0.1, -0.05) is 11.8 Å². The van der Waals surface area contributed by atoms with Crippen LogP contribution < -0.4 is 0 Å². The largest absolute Gasteiger partial charge is 0.469 e. The first kappa shape index (κ1) is 10.1. The monoisotopic (exact) mass is 182 g/mol. The van der Waals surface area contributed by atoms with E-state index >= 15 is 0 Å². The molecule has 1 saturated carbocycles. The normalized spacial score (nSPS) is 26.3. The molecule has 3 nitrogen and oxygen atoms in total. The first-order valence-electron chi connectivity index (χ1n) is 4.45. The number of esters is 1. The molecule has 2 atom stereocenters. The maximum atomic E-state index is 11.1. The second-order valence-electron chi connectivity index (χ2n) is 3.21. The molecule has 1 aliphatic rings. The summed E-state index contributed by atoms with van der Waals surface area (Å²) in [6.45, 7) is -0.0978. The van der Waals surface area contributed by atoms with Crippen molar-refractivity contribution in [2.24, 2.45) is 11.8 Å². The van der Waals surface area contributed by atoms with Crippen molar-refractivity contribution in [2.75, 3.05) is 13.7 Å². The number of aliphatic hydroxyl groups is 1. The minimum atomic E-state index is -0.131. The molecular formula is C10H14O3. The number of rotatable bonds is 1. The van der Waals surface area contributed by atoms with E-state index in [4.69, 9.17) is 5.11 Å². The predicted molar refractivity (Wildman–Crippen MR) is 47.7 cm³/mol. The van der Waals surface area contributed by atoms with Gasteiger partial charge < -0.3 is 9.84 Å². The average molecular weight is 182 g/mol. The van der Waals surface area contributed by atoms with Crippen molar-refractivity contribution in [2.45, 2.75) is 19.3 Å². The molecule has 0 radical (unpaired) electrons. The second kappa shape index (κ2) is 4.88. The maximum absolute atomic E-state index is 11.1. The number of carbonyl (C=O) groups excluding carboxylic acids is 1. The lowest BCUT2D eigenvalue weighted by atomic mass is 10.1. The number of methoxy groups -OCH3 is 1. The molecule has 0 saturated heterocycles. The fraction of sp³-hybridized carbons (Fsp3) is 0.700. The number of hydrogen-bond acceptors (Lipinski definition) is 3. The van der Waals surface area contributed by atoms with Gasteiger partial charge in [0, 0.05) is 5.92 Å². The van der Waals surface area contributed by atoms with E-state index in [-0.39, 0.29) is 24.4 Å². The summed E-state index contributed by atoms with van der Waals surface area (Å²) in [6.07, 6.45) is 2.57. The Labute approximate surface area is 78.1 Å². The maximum Gasteiger partial charge on any atom is 0.308 e. The summed E-state index contributed by atoms with van der Waals surface area (Å²) in [7, 11) is 1.41. The van der Waals surface area contributed by atoms with E-state index in [1.807, 2.05) is 0 Å². The molecule has 0 aromatic heterocycles. The number of ether oxygens (including phenoxy) is 1. The average Bonchev–Trinajstić information content (AvgIpc) is 2.62. The number of hydrogen-bond donors (Lipinski definition) is 1. The van der Waals surface area contributed by atoms with Gasteiger partial charge in [0.1, 0.15) is 6.61 Å². The molecule has 0 aromatic carbocycles. The summed E-state index contributed by atoms with van der Waals surface area (Å²) in [5.41, 5.74) is 0. The van der Waals surface area contributed by atoms with Gasteiger partial charge >= 0.3 is 5.97 Å². The Morgan fingerprint density at radius 1 is 1.62 bits per heavy atom. The lowest BCUT2D eigenvalue weighted by Crippen LogP contribution is -2.12. The molecule has 3 heteroatoms. The van der Waals surface area contributed by atoms with Crippen molar-refractivity contribution < 1.29 is 14.6 Å². The van der Waals surface area contributed by atoms with Crippen LogP contribution in [0.1, 0.15) is 19.3 Å². The summed E-state index contributed by atoms with van der Waals surface area (Å²) in [4.78, 5) is 11.1. The van der Waals surface area contributed by atoms with E-state index in [1.165, 1.54) is 7.11 Å². The molecule has 0 spiro atoms. The summed E-state index contributed by atoms with van der Waals surface area (Å²) in [6, 6.07) is 0. The fourth-order valence-electron chi connectivity index (χ4n) is 1.68. The van der Waals surface area contributed by atoms with Crippen LogP contribution in [0.15, 0.2) is 0 Å². The highest BCUT2D eigenvalue weighted by atomic mass is 16.5. The smallest absolute Gasteiger partial charge is 0.308 e. The molecule has 1 aliphatic carbocycles. The van der Waals surface area contributed by atoms with Crippen molar-refractivity contribution in [3.63, 3.8) is 0 Å². The summed E-state index contributed by atoms with van der Waals surface area (Å²) >= 11 is 0. The van der Waals surface area contributed by atoms with Crippen LogP contribution in [-0.4, -0.2) is 24.8 Å². The number of carbonyl (C=O) groups is 1. The Bertz CT molecular complexity index is 236. The Morgan fingerprint density at radius 2 is 2.38 bits per heavy atom. The van der Waals surface area contributed by atoms with Gasteiger partial charge in [-0.2, -0.15) is 0 Å². The van der Waals surface area contributed by atoms with Crippen LogP contribution >= 0.6 is 0 Å². The Balaban J connectivity index is 2.40. The van der Waals surface area contributed by atoms with Crippen LogP contribution in [0.4, 0.5) is 0 Å². The highest BCUT2D eigenvalue weighted by Crippen LogP contribution is 2.30. The zero-order valence-electron chi connectivity index (χ0n) is 7.75. The van der Waals surface area contributed by atoms with Gasteiger partial charge in [-0.05, 0) is 19.3 Å². The predicted octanol–water partition coefficient (Wildman–Crippen LogP) is 0.571. The van der Waals surface area contributed by atoms with Crippen LogP contribution in [0.5, 0.6) is 0 Å². The molecule has 72 valence electrons. The highest BCUT2D eigenvalue weighted by Gasteiger charge is 2.29. The molecule has 2 unspecified atom stereocenters. The van der Waals surface area contributed by atoms with E-state index in [2.05, 4.69) is 16.6 Å². The van der Waals surface area contributed by atoms with E-state index < -0.39 is 0 Å². The Hall–Kier alpha value is -1.01. The molecule has 0 bridgehead atoms. The van der Waals surface area contributed by atoms with Gasteiger partial charge in [0.2, 0.25) is 0 Å².